The molecular formula is C18H41NO4S. The molecule has 0 saturated carbocycles. The summed E-state index contributed by atoms with van der Waals surface area (Å²) in [5.74, 6) is 0.284. The molecule has 24 heavy (non-hydrogen) atoms. The summed E-state index contributed by atoms with van der Waals surface area (Å²) in [6, 6.07) is 0. The third-order valence-electron chi connectivity index (χ3n) is 4.66. The predicted octanol–water partition coefficient (Wildman–Crippen LogP) is 4.10. The van der Waals surface area contributed by atoms with Crippen LogP contribution < -0.4 is 5.73 Å². The second-order valence-corrected chi connectivity index (χ2v) is 9.14. The van der Waals surface area contributed by atoms with Crippen LogP contribution in [-0.2, 0) is 10.1 Å². The first-order valence-electron chi connectivity index (χ1n) is 9.41. The molecule has 0 rings (SSSR count). The van der Waals surface area contributed by atoms with Gasteiger partial charge in [0.05, 0.1) is 5.75 Å². The van der Waals surface area contributed by atoms with Crippen LogP contribution in [0.2, 0.25) is 0 Å². The highest BCUT2D eigenvalue weighted by Gasteiger charge is 2.24. The topological polar surface area (TPSA) is 112 Å². The lowest BCUT2D eigenvalue weighted by Crippen LogP contribution is -2.41. The standard InChI is InChI=1S/C18H39NO3S.H2O/c1-4-5-6-7-8-9-10-11-14-17(18(2,3)19)15-12-13-16-23(20,21)22;/h17H,4-16,19H2,1-3H3,(H,20,21,22);1H2. The molecule has 5 N–H and O–H groups in total. The van der Waals surface area contributed by atoms with Crippen LogP contribution in [0, 0.1) is 5.92 Å². The molecular weight excluding hydrogens is 326 g/mol. The summed E-state index contributed by atoms with van der Waals surface area (Å²) in [5.41, 5.74) is 6.05. The Morgan fingerprint density at radius 3 is 1.71 bits per heavy atom. The molecule has 0 aromatic heterocycles. The van der Waals surface area contributed by atoms with E-state index in [4.69, 9.17) is 10.3 Å². The van der Waals surface area contributed by atoms with Crippen molar-refractivity contribution < 1.29 is 18.4 Å². The summed E-state index contributed by atoms with van der Waals surface area (Å²) in [6.45, 7) is 6.36. The molecule has 0 fully saturated rings. The first-order chi connectivity index (χ1) is 10.7. The summed E-state index contributed by atoms with van der Waals surface area (Å²) in [7, 11) is -3.82. The largest absolute Gasteiger partial charge is 0.412 e. The molecule has 148 valence electrons. The Morgan fingerprint density at radius 1 is 0.875 bits per heavy atom. The van der Waals surface area contributed by atoms with E-state index in [2.05, 4.69) is 20.8 Å². The van der Waals surface area contributed by atoms with E-state index >= 15 is 0 Å². The molecule has 0 aliphatic rings. The lowest BCUT2D eigenvalue weighted by atomic mass is 9.81. The second-order valence-electron chi connectivity index (χ2n) is 7.56. The number of hydrogen-bond donors (Lipinski definition) is 2. The number of nitrogens with two attached hydrogens (primary N) is 1. The molecule has 0 aromatic rings. The average molecular weight is 368 g/mol. The van der Waals surface area contributed by atoms with Crippen molar-refractivity contribution in [2.75, 3.05) is 5.75 Å². The van der Waals surface area contributed by atoms with Gasteiger partial charge in [0.2, 0.25) is 0 Å². The van der Waals surface area contributed by atoms with Crippen molar-refractivity contribution in [2.45, 2.75) is 103 Å². The van der Waals surface area contributed by atoms with E-state index in [9.17, 15) is 8.42 Å². The van der Waals surface area contributed by atoms with Gasteiger partial charge >= 0.3 is 0 Å². The van der Waals surface area contributed by atoms with E-state index in [1.807, 2.05) is 0 Å². The van der Waals surface area contributed by atoms with Crippen LogP contribution in [0.3, 0.4) is 0 Å². The van der Waals surface area contributed by atoms with Crippen molar-refractivity contribution in [3.63, 3.8) is 0 Å². The molecule has 0 spiro atoms. The molecule has 1 atom stereocenters. The van der Waals surface area contributed by atoms with Crippen molar-refractivity contribution in [3.8, 4) is 0 Å². The van der Waals surface area contributed by atoms with E-state index in [-0.39, 0.29) is 16.8 Å². The van der Waals surface area contributed by atoms with Gasteiger partial charge in [0.15, 0.2) is 0 Å². The molecule has 1 unspecified atom stereocenters. The van der Waals surface area contributed by atoms with E-state index in [0.29, 0.717) is 12.3 Å². The average Bonchev–Trinajstić information content (AvgIpc) is 2.41. The van der Waals surface area contributed by atoms with Gasteiger partial charge in [0.25, 0.3) is 10.1 Å². The molecule has 0 saturated heterocycles. The highest BCUT2D eigenvalue weighted by molar-refractivity contribution is 7.85. The maximum absolute atomic E-state index is 10.7. The first kappa shape index (κ1) is 26.1. The van der Waals surface area contributed by atoms with Crippen molar-refractivity contribution in [1.82, 2.24) is 0 Å². The Morgan fingerprint density at radius 2 is 1.29 bits per heavy atom. The fourth-order valence-electron chi connectivity index (χ4n) is 3.09. The number of unbranched alkanes of at least 4 members (excludes halogenated alkanes) is 8. The van der Waals surface area contributed by atoms with Gasteiger partial charge < -0.3 is 11.2 Å². The Hall–Kier alpha value is -0.170. The quantitative estimate of drug-likeness (QED) is 0.335. The molecule has 5 nitrogen and oxygen atoms in total. The van der Waals surface area contributed by atoms with Crippen LogP contribution in [0.25, 0.3) is 0 Å². The van der Waals surface area contributed by atoms with Crippen molar-refractivity contribution in [3.05, 3.63) is 0 Å². The third-order valence-corrected chi connectivity index (χ3v) is 5.47. The van der Waals surface area contributed by atoms with Gasteiger partial charge in [-0.15, -0.1) is 0 Å². The number of hydrogen-bond acceptors (Lipinski definition) is 3. The van der Waals surface area contributed by atoms with E-state index < -0.39 is 10.1 Å². The van der Waals surface area contributed by atoms with Crippen molar-refractivity contribution in [1.29, 1.82) is 0 Å². The molecule has 0 aliphatic heterocycles. The van der Waals surface area contributed by atoms with Crippen molar-refractivity contribution in [2.24, 2.45) is 11.7 Å². The minimum absolute atomic E-state index is 0. The zero-order valence-electron chi connectivity index (χ0n) is 16.0. The van der Waals surface area contributed by atoms with Gasteiger partial charge in [0, 0.05) is 5.54 Å². The lowest BCUT2D eigenvalue weighted by Gasteiger charge is -2.31. The van der Waals surface area contributed by atoms with Crippen LogP contribution in [0.4, 0.5) is 0 Å². The predicted molar refractivity (Wildman–Crippen MR) is 103 cm³/mol. The smallest absolute Gasteiger partial charge is 0.264 e. The molecule has 6 heteroatoms. The fourth-order valence-corrected chi connectivity index (χ4v) is 3.66. The molecule has 0 aliphatic carbocycles. The maximum Gasteiger partial charge on any atom is 0.264 e. The van der Waals surface area contributed by atoms with Gasteiger partial charge in [-0.1, -0.05) is 64.7 Å². The van der Waals surface area contributed by atoms with E-state index in [1.54, 1.807) is 0 Å². The fraction of sp³-hybridized carbons (Fsp3) is 1.00. The molecule has 0 radical (unpaired) electrons. The highest BCUT2D eigenvalue weighted by atomic mass is 32.2. The molecule has 0 aromatic carbocycles. The van der Waals surface area contributed by atoms with Crippen LogP contribution in [0.1, 0.15) is 97.8 Å². The lowest BCUT2D eigenvalue weighted by molar-refractivity contribution is 0.269. The molecule has 0 bridgehead atoms. The molecule has 0 amide bonds. The normalized spacial score (nSPS) is 13.5. The van der Waals surface area contributed by atoms with Gasteiger partial charge in [-0.2, -0.15) is 8.42 Å². The zero-order valence-corrected chi connectivity index (χ0v) is 16.8. The van der Waals surface area contributed by atoms with Gasteiger partial charge in [-0.05, 0) is 39.0 Å². The Labute approximate surface area is 149 Å². The summed E-state index contributed by atoms with van der Waals surface area (Å²) in [4.78, 5) is 0. The summed E-state index contributed by atoms with van der Waals surface area (Å²) < 4.78 is 30.3. The minimum Gasteiger partial charge on any atom is -0.412 e. The van der Waals surface area contributed by atoms with Gasteiger partial charge in [0.1, 0.15) is 0 Å². The van der Waals surface area contributed by atoms with Crippen molar-refractivity contribution >= 4 is 10.1 Å². The van der Waals surface area contributed by atoms with Crippen LogP contribution in [0.15, 0.2) is 0 Å². The summed E-state index contributed by atoms with van der Waals surface area (Å²) in [6.07, 6.45) is 13.9. The van der Waals surface area contributed by atoms with Crippen LogP contribution in [0.5, 0.6) is 0 Å². The van der Waals surface area contributed by atoms with E-state index in [1.165, 1.54) is 51.4 Å². The van der Waals surface area contributed by atoms with Crippen LogP contribution in [-0.4, -0.2) is 29.7 Å². The van der Waals surface area contributed by atoms with Gasteiger partial charge in [-0.25, -0.2) is 0 Å². The SMILES string of the molecule is CCCCCCCCCCC(CCCCS(=O)(=O)O)C(C)(C)N.O. The van der Waals surface area contributed by atoms with Gasteiger partial charge in [-0.3, -0.25) is 4.55 Å². The van der Waals surface area contributed by atoms with Crippen LogP contribution >= 0.6 is 0 Å². The monoisotopic (exact) mass is 367 g/mol. The Kier molecular flexibility index (Phi) is 15.3. The minimum atomic E-state index is -3.82. The zero-order chi connectivity index (χ0) is 17.8. The maximum atomic E-state index is 10.7. The van der Waals surface area contributed by atoms with E-state index in [0.717, 1.165) is 19.3 Å². The third kappa shape index (κ3) is 16.7. The number of rotatable bonds is 15. The summed E-state index contributed by atoms with van der Waals surface area (Å²) in [5, 5.41) is 0. The Bertz CT molecular complexity index is 377. The Balaban J connectivity index is 0. The highest BCUT2D eigenvalue weighted by Crippen LogP contribution is 2.26. The summed E-state index contributed by atoms with van der Waals surface area (Å²) >= 11 is 0. The molecule has 0 heterocycles. The second kappa shape index (κ2) is 14.0. The first-order valence-corrected chi connectivity index (χ1v) is 11.0.